The van der Waals surface area contributed by atoms with Gasteiger partial charge in [0.2, 0.25) is 11.8 Å². The maximum absolute atomic E-state index is 13.6. The molecule has 0 saturated carbocycles. The fourth-order valence-electron chi connectivity index (χ4n) is 3.64. The zero-order valence-corrected chi connectivity index (χ0v) is 21.3. The number of pyridine rings is 1. The number of aromatic nitrogens is 8. The van der Waals surface area contributed by atoms with Crippen molar-refractivity contribution in [1.82, 2.24) is 39.7 Å². The molecule has 188 valence electrons. The van der Waals surface area contributed by atoms with Crippen molar-refractivity contribution >= 4 is 9.84 Å². The molecule has 4 rings (SSSR count). The molecule has 0 aliphatic heterocycles. The van der Waals surface area contributed by atoms with Gasteiger partial charge in [-0.05, 0) is 26.0 Å². The first-order valence-corrected chi connectivity index (χ1v) is 12.8. The smallest absolute Gasteiger partial charge is 0.245 e. The first-order chi connectivity index (χ1) is 17.3. The van der Waals surface area contributed by atoms with Crippen LogP contribution in [0, 0.1) is 6.92 Å². The number of hydrogen-bond acceptors (Lipinski definition) is 11. The molecule has 0 saturated heterocycles. The molecule has 0 amide bonds. The van der Waals surface area contributed by atoms with Crippen molar-refractivity contribution in [2.75, 3.05) is 14.2 Å². The fraction of sp³-hybridized carbons (Fsp3) is 0.348. The molecule has 0 aliphatic rings. The maximum Gasteiger partial charge on any atom is 0.245 e. The van der Waals surface area contributed by atoms with Crippen LogP contribution < -0.4 is 9.47 Å². The third-order valence-corrected chi connectivity index (χ3v) is 8.06. The van der Waals surface area contributed by atoms with Gasteiger partial charge in [-0.2, -0.15) is 9.97 Å². The van der Waals surface area contributed by atoms with Crippen molar-refractivity contribution in [2.45, 2.75) is 37.7 Å². The number of ether oxygens (including phenoxy) is 2. The van der Waals surface area contributed by atoms with Crippen LogP contribution in [0.15, 0.2) is 43.1 Å². The lowest BCUT2D eigenvalue weighted by Gasteiger charge is -2.20. The molecule has 0 N–H and O–H groups in total. The molecule has 4 aromatic heterocycles. The lowest BCUT2D eigenvalue weighted by Crippen LogP contribution is -2.27. The summed E-state index contributed by atoms with van der Waals surface area (Å²) in [5.74, 6) is -0.0753. The minimum atomic E-state index is -3.74. The highest BCUT2D eigenvalue weighted by Crippen LogP contribution is 2.34. The Kier molecular flexibility index (Phi) is 7.20. The van der Waals surface area contributed by atoms with Crippen molar-refractivity contribution < 1.29 is 17.9 Å². The van der Waals surface area contributed by atoms with Gasteiger partial charge in [-0.15, -0.1) is 10.2 Å². The Bertz CT molecular complexity index is 1420. The standard InChI is InChI=1S/C23H26N8O4S/c1-14-10-26-18(11-25-14)15(2)16(3)36(32,33)12-19-29-30-21(17-8-6-7-9-24-17)31(19)20-22(34-4)27-13-28-23(20)35-5/h6-11,13,15-16H,12H2,1-5H3/t15-,16-/m0/s1. The van der Waals surface area contributed by atoms with Crippen molar-refractivity contribution in [3.05, 3.63) is 60.3 Å². The molecule has 36 heavy (non-hydrogen) atoms. The van der Waals surface area contributed by atoms with Gasteiger partial charge in [-0.3, -0.25) is 19.5 Å². The molecular formula is C23H26N8O4S. The first kappa shape index (κ1) is 25.1. The van der Waals surface area contributed by atoms with Crippen LogP contribution >= 0.6 is 0 Å². The highest BCUT2D eigenvalue weighted by molar-refractivity contribution is 7.91. The summed E-state index contributed by atoms with van der Waals surface area (Å²) in [5, 5.41) is 7.71. The van der Waals surface area contributed by atoms with E-state index in [1.54, 1.807) is 43.7 Å². The summed E-state index contributed by atoms with van der Waals surface area (Å²) < 4.78 is 39.6. The van der Waals surface area contributed by atoms with Gasteiger partial charge in [0, 0.05) is 24.5 Å². The summed E-state index contributed by atoms with van der Waals surface area (Å²) in [4.78, 5) is 21.3. The maximum atomic E-state index is 13.6. The van der Waals surface area contributed by atoms with Crippen LogP contribution in [0.5, 0.6) is 11.8 Å². The molecule has 0 bridgehead atoms. The molecule has 0 fully saturated rings. The van der Waals surface area contributed by atoms with E-state index in [0.29, 0.717) is 11.4 Å². The van der Waals surface area contributed by atoms with E-state index in [-0.39, 0.29) is 29.1 Å². The second-order valence-corrected chi connectivity index (χ2v) is 10.5. The van der Waals surface area contributed by atoms with Crippen LogP contribution in [-0.2, 0) is 15.6 Å². The fourth-order valence-corrected chi connectivity index (χ4v) is 5.22. The van der Waals surface area contributed by atoms with Crippen LogP contribution in [0.2, 0.25) is 0 Å². The van der Waals surface area contributed by atoms with Crippen molar-refractivity contribution in [2.24, 2.45) is 0 Å². The van der Waals surface area contributed by atoms with Crippen molar-refractivity contribution in [1.29, 1.82) is 0 Å². The zero-order valence-electron chi connectivity index (χ0n) is 20.5. The molecule has 13 heteroatoms. The summed E-state index contributed by atoms with van der Waals surface area (Å²) in [6, 6.07) is 5.29. The number of nitrogens with zero attached hydrogens (tertiary/aromatic N) is 8. The Labute approximate surface area is 208 Å². The lowest BCUT2D eigenvalue weighted by atomic mass is 10.1. The third-order valence-electron chi connectivity index (χ3n) is 5.86. The average Bonchev–Trinajstić information content (AvgIpc) is 3.30. The van der Waals surface area contributed by atoms with E-state index in [1.807, 2.05) is 13.8 Å². The summed E-state index contributed by atoms with van der Waals surface area (Å²) >= 11 is 0. The number of rotatable bonds is 9. The quantitative estimate of drug-likeness (QED) is 0.327. The molecular weight excluding hydrogens is 484 g/mol. The summed E-state index contributed by atoms with van der Waals surface area (Å²) in [6.45, 7) is 5.28. The SMILES string of the molecule is COc1ncnc(OC)c1-n1c(CS(=O)(=O)[C@@H](C)[C@H](C)c2cnc(C)cn2)nnc1-c1ccccn1. The van der Waals surface area contributed by atoms with Gasteiger partial charge in [0.05, 0.1) is 30.9 Å². The van der Waals surface area contributed by atoms with Gasteiger partial charge in [0.15, 0.2) is 27.2 Å². The predicted octanol–water partition coefficient (Wildman–Crippen LogP) is 2.34. The van der Waals surface area contributed by atoms with E-state index in [9.17, 15) is 8.42 Å². The molecule has 4 heterocycles. The highest BCUT2D eigenvalue weighted by atomic mass is 32.2. The highest BCUT2D eigenvalue weighted by Gasteiger charge is 2.33. The Hall–Kier alpha value is -4.00. The molecule has 0 aliphatic carbocycles. The minimum Gasteiger partial charge on any atom is -0.479 e. The Balaban J connectivity index is 1.81. The van der Waals surface area contributed by atoms with E-state index in [2.05, 4.69) is 35.1 Å². The van der Waals surface area contributed by atoms with Gasteiger partial charge in [0.25, 0.3) is 0 Å². The Morgan fingerprint density at radius 3 is 2.25 bits per heavy atom. The number of sulfone groups is 1. The lowest BCUT2D eigenvalue weighted by molar-refractivity contribution is 0.368. The van der Waals surface area contributed by atoms with Gasteiger partial charge in [-0.25, -0.2) is 8.42 Å². The number of methoxy groups -OCH3 is 2. The molecule has 2 atom stereocenters. The van der Waals surface area contributed by atoms with E-state index in [1.165, 1.54) is 25.1 Å². The van der Waals surface area contributed by atoms with E-state index < -0.39 is 26.8 Å². The summed E-state index contributed by atoms with van der Waals surface area (Å²) in [7, 11) is -0.857. The molecule has 0 aromatic carbocycles. The second kappa shape index (κ2) is 10.3. The predicted molar refractivity (Wildman–Crippen MR) is 131 cm³/mol. The number of hydrogen-bond donors (Lipinski definition) is 0. The summed E-state index contributed by atoms with van der Waals surface area (Å²) in [6.07, 6.45) is 6.11. The topological polar surface area (TPSA) is 148 Å². The van der Waals surface area contributed by atoms with Crippen LogP contribution in [0.3, 0.4) is 0 Å². The molecule has 0 radical (unpaired) electrons. The van der Waals surface area contributed by atoms with Crippen LogP contribution in [0.1, 0.15) is 37.0 Å². The summed E-state index contributed by atoms with van der Waals surface area (Å²) in [5.41, 5.74) is 2.08. The molecule has 4 aromatic rings. The zero-order chi connectivity index (χ0) is 25.9. The van der Waals surface area contributed by atoms with Crippen molar-refractivity contribution in [3.8, 4) is 29.0 Å². The molecule has 0 unspecified atom stereocenters. The minimum absolute atomic E-state index is 0.135. The van der Waals surface area contributed by atoms with Crippen LogP contribution in [0.25, 0.3) is 17.2 Å². The van der Waals surface area contributed by atoms with Crippen LogP contribution in [0.4, 0.5) is 0 Å². The van der Waals surface area contributed by atoms with Crippen LogP contribution in [-0.4, -0.2) is 67.6 Å². The largest absolute Gasteiger partial charge is 0.479 e. The van der Waals surface area contributed by atoms with E-state index in [4.69, 9.17) is 9.47 Å². The normalized spacial score (nSPS) is 13.2. The van der Waals surface area contributed by atoms with Gasteiger partial charge in [-0.1, -0.05) is 13.0 Å². The Morgan fingerprint density at radius 2 is 1.67 bits per heavy atom. The molecule has 0 spiro atoms. The van der Waals surface area contributed by atoms with Crippen molar-refractivity contribution in [3.63, 3.8) is 0 Å². The molecule has 12 nitrogen and oxygen atoms in total. The Morgan fingerprint density at radius 1 is 0.944 bits per heavy atom. The van der Waals surface area contributed by atoms with E-state index >= 15 is 0 Å². The first-order valence-electron chi connectivity index (χ1n) is 11.1. The second-order valence-electron chi connectivity index (χ2n) is 8.11. The number of aryl methyl sites for hydroxylation is 1. The van der Waals surface area contributed by atoms with E-state index in [0.717, 1.165) is 5.69 Å². The van der Waals surface area contributed by atoms with Gasteiger partial charge < -0.3 is 9.47 Å². The third kappa shape index (κ3) is 4.87. The average molecular weight is 511 g/mol. The van der Waals surface area contributed by atoms with Gasteiger partial charge in [0.1, 0.15) is 17.8 Å². The monoisotopic (exact) mass is 510 g/mol. The van der Waals surface area contributed by atoms with Gasteiger partial charge >= 0.3 is 0 Å².